The molecule has 2 aromatic rings. The van der Waals surface area contributed by atoms with E-state index in [0.29, 0.717) is 6.07 Å². The van der Waals surface area contributed by atoms with E-state index in [1.807, 2.05) is 0 Å². The summed E-state index contributed by atoms with van der Waals surface area (Å²) in [5.41, 5.74) is -11.0. The largest absolute Gasteiger partial charge is 0.417 e. The summed E-state index contributed by atoms with van der Waals surface area (Å²) in [5.74, 6) is -9.75. The quantitative estimate of drug-likeness (QED) is 0.447. The Morgan fingerprint density at radius 3 is 1.29 bits per heavy atom. The summed E-state index contributed by atoms with van der Waals surface area (Å²) in [6, 6.07) is 3.05. The highest BCUT2D eigenvalue weighted by Crippen LogP contribution is 2.40. The van der Waals surface area contributed by atoms with Gasteiger partial charge in [-0.2, -0.15) is 47.4 Å². The highest BCUT2D eigenvalue weighted by Gasteiger charge is 2.42. The fourth-order valence-corrected chi connectivity index (χ4v) is 2.83. The van der Waals surface area contributed by atoms with E-state index in [4.69, 9.17) is 15.8 Å². The van der Waals surface area contributed by atoms with Crippen LogP contribution in [0.3, 0.4) is 0 Å². The van der Waals surface area contributed by atoms with Crippen molar-refractivity contribution in [3.05, 3.63) is 68.1 Å². The summed E-state index contributed by atoms with van der Waals surface area (Å²) in [6.07, 6.45) is -11.2. The molecule has 0 radical (unpaired) electrons. The molecule has 0 aliphatic carbocycles. The molecule has 0 atom stereocenters. The third kappa shape index (κ3) is 4.22. The minimum atomic E-state index is -5.62. The van der Waals surface area contributed by atoms with Gasteiger partial charge in [-0.15, -0.1) is 0 Å². The third-order valence-electron chi connectivity index (χ3n) is 4.25. The van der Waals surface area contributed by atoms with E-state index in [9.17, 15) is 49.2 Å². The average molecular weight is 488 g/mol. The highest BCUT2D eigenvalue weighted by molar-refractivity contribution is 5.79. The fourth-order valence-electron chi connectivity index (χ4n) is 2.83. The zero-order valence-electron chi connectivity index (χ0n) is 15.7. The summed E-state index contributed by atoms with van der Waals surface area (Å²) in [6.45, 7) is 0. The van der Waals surface area contributed by atoms with Gasteiger partial charge in [0.25, 0.3) is 0 Å². The molecule has 2 aromatic carbocycles. The Hall–Kier alpha value is -4.56. The molecule has 0 heterocycles. The van der Waals surface area contributed by atoms with Crippen molar-refractivity contribution in [1.29, 1.82) is 21.0 Å². The second-order valence-corrected chi connectivity index (χ2v) is 6.15. The van der Waals surface area contributed by atoms with Crippen LogP contribution < -0.4 is 10.4 Å². The van der Waals surface area contributed by atoms with Gasteiger partial charge in [0.05, 0.1) is 32.7 Å². The minimum absolute atomic E-state index is 0.225. The molecule has 0 saturated carbocycles. The normalized spacial score (nSPS) is 11.1. The molecule has 14 heteroatoms. The maximum atomic E-state index is 14.6. The molecule has 0 aliphatic rings. The SMILES string of the molecule is N#CC(C#N)=c1c(F)c(F)c(=C(C#N)c2cc(C(F)(F)F)c(C#N)c(C(F)(F)F)c2)c(F)c1F. The molecule has 0 unspecified atom stereocenters. The van der Waals surface area contributed by atoms with Gasteiger partial charge in [0.1, 0.15) is 29.8 Å². The topological polar surface area (TPSA) is 95.2 Å². The average Bonchev–Trinajstić information content (AvgIpc) is 2.76. The van der Waals surface area contributed by atoms with Crippen molar-refractivity contribution in [3.8, 4) is 24.3 Å². The molecular weight excluding hydrogens is 486 g/mol. The first kappa shape index (κ1) is 25.7. The second-order valence-electron chi connectivity index (χ2n) is 6.15. The zero-order chi connectivity index (χ0) is 26.2. The second kappa shape index (κ2) is 8.76. The van der Waals surface area contributed by atoms with Crippen LogP contribution in [0, 0.1) is 68.6 Å². The van der Waals surface area contributed by atoms with Crippen LogP contribution in [-0.2, 0) is 12.4 Å². The first-order valence-corrected chi connectivity index (χ1v) is 8.19. The van der Waals surface area contributed by atoms with E-state index in [2.05, 4.69) is 0 Å². The van der Waals surface area contributed by atoms with Crippen LogP contribution in [0.25, 0.3) is 11.1 Å². The van der Waals surface area contributed by atoms with E-state index < -0.39 is 79.5 Å². The highest BCUT2D eigenvalue weighted by atomic mass is 19.4. The third-order valence-corrected chi connectivity index (χ3v) is 4.25. The van der Waals surface area contributed by atoms with Crippen LogP contribution in [0.4, 0.5) is 43.9 Å². The lowest BCUT2D eigenvalue weighted by atomic mass is 9.93. The van der Waals surface area contributed by atoms with Crippen molar-refractivity contribution in [1.82, 2.24) is 0 Å². The van der Waals surface area contributed by atoms with Crippen molar-refractivity contribution >= 4 is 11.1 Å². The summed E-state index contributed by atoms with van der Waals surface area (Å²) in [4.78, 5) is 0. The smallest absolute Gasteiger partial charge is 0.203 e. The number of hydrogen-bond donors (Lipinski definition) is 0. The number of nitriles is 4. The standard InChI is InChI=1S/C20H2F10N4/c21-15-13(8(3-31)4-32)16(22)18(24)14(17(15)23)9(5-33)7-1-11(19(25,26)27)10(6-34)12(2-7)20(28,29)30/h1-2H. The Kier molecular flexibility index (Phi) is 6.62. The van der Waals surface area contributed by atoms with Gasteiger partial charge in [-0.1, -0.05) is 0 Å². The van der Waals surface area contributed by atoms with Crippen molar-refractivity contribution in [3.63, 3.8) is 0 Å². The van der Waals surface area contributed by atoms with E-state index in [0.717, 1.165) is 18.2 Å². The molecule has 0 aliphatic heterocycles. The van der Waals surface area contributed by atoms with Crippen LogP contribution in [-0.4, -0.2) is 0 Å². The summed E-state index contributed by atoms with van der Waals surface area (Å²) >= 11 is 0. The van der Waals surface area contributed by atoms with Crippen LogP contribution >= 0.6 is 0 Å². The van der Waals surface area contributed by atoms with Crippen molar-refractivity contribution in [2.45, 2.75) is 12.4 Å². The summed E-state index contributed by atoms with van der Waals surface area (Å²) in [7, 11) is 0. The lowest BCUT2D eigenvalue weighted by Gasteiger charge is -2.17. The molecule has 2 rings (SSSR count). The van der Waals surface area contributed by atoms with E-state index in [1.165, 1.54) is 0 Å². The lowest BCUT2D eigenvalue weighted by Crippen LogP contribution is -2.31. The Balaban J connectivity index is 3.29. The molecule has 34 heavy (non-hydrogen) atoms. The maximum Gasteiger partial charge on any atom is 0.417 e. The Bertz CT molecular complexity index is 1420. The Morgan fingerprint density at radius 1 is 0.618 bits per heavy atom. The van der Waals surface area contributed by atoms with Gasteiger partial charge in [0.15, 0.2) is 23.3 Å². The first-order chi connectivity index (χ1) is 15.6. The Morgan fingerprint density at radius 2 is 1.00 bits per heavy atom. The molecule has 0 saturated heterocycles. The molecule has 0 bridgehead atoms. The van der Waals surface area contributed by atoms with E-state index in [-0.39, 0.29) is 12.1 Å². The number of hydrogen-bond acceptors (Lipinski definition) is 4. The van der Waals surface area contributed by atoms with Gasteiger partial charge in [0, 0.05) is 0 Å². The van der Waals surface area contributed by atoms with E-state index in [1.54, 1.807) is 0 Å². The van der Waals surface area contributed by atoms with Gasteiger partial charge in [0.2, 0.25) is 0 Å². The van der Waals surface area contributed by atoms with Crippen LogP contribution in [0.2, 0.25) is 0 Å². The zero-order valence-corrected chi connectivity index (χ0v) is 15.7. The number of benzene rings is 2. The van der Waals surface area contributed by atoms with Crippen LogP contribution in [0.15, 0.2) is 12.1 Å². The predicted octanol–water partition coefficient (Wildman–Crippen LogP) is 4.07. The van der Waals surface area contributed by atoms with Gasteiger partial charge >= 0.3 is 12.4 Å². The van der Waals surface area contributed by atoms with Crippen LogP contribution in [0.1, 0.15) is 22.3 Å². The molecule has 0 spiro atoms. The molecule has 172 valence electrons. The van der Waals surface area contributed by atoms with E-state index >= 15 is 0 Å². The summed E-state index contributed by atoms with van der Waals surface area (Å²) < 4.78 is 138. The molecule has 0 aromatic heterocycles. The number of halogens is 10. The van der Waals surface area contributed by atoms with Gasteiger partial charge in [-0.25, -0.2) is 17.6 Å². The molecular formula is C20H2F10N4. The molecule has 0 N–H and O–H groups in total. The maximum absolute atomic E-state index is 14.6. The van der Waals surface area contributed by atoms with Gasteiger partial charge in [-0.05, 0) is 17.7 Å². The van der Waals surface area contributed by atoms with Crippen molar-refractivity contribution in [2.75, 3.05) is 0 Å². The number of alkyl halides is 6. The number of rotatable bonds is 1. The van der Waals surface area contributed by atoms with Gasteiger partial charge in [-0.3, -0.25) is 0 Å². The fraction of sp³-hybridized carbons (Fsp3) is 0.100. The minimum Gasteiger partial charge on any atom is -0.203 e. The van der Waals surface area contributed by atoms with Crippen LogP contribution in [0.5, 0.6) is 0 Å². The van der Waals surface area contributed by atoms with Crippen molar-refractivity contribution < 1.29 is 43.9 Å². The molecule has 0 amide bonds. The van der Waals surface area contributed by atoms with Gasteiger partial charge < -0.3 is 0 Å². The van der Waals surface area contributed by atoms with Crippen molar-refractivity contribution in [2.24, 2.45) is 0 Å². The number of nitrogens with zero attached hydrogens (tertiary/aromatic N) is 4. The first-order valence-electron chi connectivity index (χ1n) is 8.19. The molecule has 4 nitrogen and oxygen atoms in total. The molecule has 0 fully saturated rings. The predicted molar refractivity (Wildman–Crippen MR) is 89.4 cm³/mol. The summed E-state index contributed by atoms with van der Waals surface area (Å²) in [5, 5.41) is 31.7. The Labute approximate surface area is 181 Å². The lowest BCUT2D eigenvalue weighted by molar-refractivity contribution is -0.143. The monoisotopic (exact) mass is 488 g/mol.